The van der Waals surface area contributed by atoms with E-state index in [4.69, 9.17) is 9.84 Å². The monoisotopic (exact) mass is 281 g/mol. The largest absolute Gasteiger partial charge is 0.479 e. The zero-order chi connectivity index (χ0) is 14.1. The van der Waals surface area contributed by atoms with Crippen LogP contribution >= 0.6 is 0 Å². The van der Waals surface area contributed by atoms with E-state index in [0.717, 1.165) is 25.4 Å². The Morgan fingerprint density at radius 2 is 1.65 bits per heavy atom. The molecule has 0 aromatic heterocycles. The normalized spacial score (nSPS) is 37.5. The Hall–Kier alpha value is -1.10. The van der Waals surface area contributed by atoms with Gasteiger partial charge in [0.2, 0.25) is 0 Å². The Morgan fingerprint density at radius 1 is 0.950 bits per heavy atom. The third-order valence-corrected chi connectivity index (χ3v) is 5.17. The van der Waals surface area contributed by atoms with E-state index in [2.05, 4.69) is 0 Å². The van der Waals surface area contributed by atoms with Gasteiger partial charge < -0.3 is 14.7 Å². The molecule has 0 aromatic rings. The molecular formula is C15H23NO4. The quantitative estimate of drug-likeness (QED) is 0.836. The summed E-state index contributed by atoms with van der Waals surface area (Å²) >= 11 is 0. The highest BCUT2D eigenvalue weighted by Crippen LogP contribution is 2.36. The van der Waals surface area contributed by atoms with E-state index in [1.807, 2.05) is 4.90 Å². The number of carboxylic acids is 1. The summed E-state index contributed by atoms with van der Waals surface area (Å²) < 4.78 is 5.38. The van der Waals surface area contributed by atoms with Crippen LogP contribution in [-0.2, 0) is 14.3 Å². The number of rotatable bonds is 2. The first-order valence-electron chi connectivity index (χ1n) is 7.82. The second-order valence-corrected chi connectivity index (χ2v) is 6.41. The smallest absolute Gasteiger partial charge is 0.332 e. The molecule has 2 saturated heterocycles. The van der Waals surface area contributed by atoms with Gasteiger partial charge in [-0.1, -0.05) is 19.3 Å². The number of aliphatic carboxylic acids is 1. The van der Waals surface area contributed by atoms with E-state index in [1.54, 1.807) is 0 Å². The lowest BCUT2D eigenvalue weighted by Crippen LogP contribution is -2.48. The molecule has 1 saturated carbocycles. The topological polar surface area (TPSA) is 66.8 Å². The number of carboxylic acid groups (broad SMARTS) is 1. The number of likely N-dealkylation sites (tertiary alicyclic amines) is 1. The van der Waals surface area contributed by atoms with E-state index >= 15 is 0 Å². The van der Waals surface area contributed by atoms with Crippen molar-refractivity contribution in [1.82, 2.24) is 4.90 Å². The van der Waals surface area contributed by atoms with Crippen LogP contribution in [0, 0.1) is 11.8 Å². The molecule has 3 fully saturated rings. The molecule has 3 rings (SSSR count). The van der Waals surface area contributed by atoms with Gasteiger partial charge in [-0.25, -0.2) is 4.79 Å². The van der Waals surface area contributed by atoms with Crippen molar-refractivity contribution in [3.8, 4) is 0 Å². The summed E-state index contributed by atoms with van der Waals surface area (Å²) in [4.78, 5) is 25.3. The number of carbonyl (C=O) groups excluding carboxylic acids is 1. The SMILES string of the molecule is O=C(O)C1CCC(C(=O)N2CCC3CCCCC3C2)O1. The Balaban J connectivity index is 1.57. The molecule has 4 atom stereocenters. The van der Waals surface area contributed by atoms with Crippen molar-refractivity contribution < 1.29 is 19.4 Å². The first kappa shape index (κ1) is 13.9. The van der Waals surface area contributed by atoms with Crippen molar-refractivity contribution in [2.24, 2.45) is 11.8 Å². The minimum Gasteiger partial charge on any atom is -0.479 e. The second-order valence-electron chi connectivity index (χ2n) is 6.41. The Bertz CT molecular complexity index is 397. The molecule has 112 valence electrons. The van der Waals surface area contributed by atoms with E-state index in [1.165, 1.54) is 25.7 Å². The maximum Gasteiger partial charge on any atom is 0.332 e. The van der Waals surface area contributed by atoms with E-state index in [0.29, 0.717) is 18.8 Å². The molecule has 0 aromatic carbocycles. The molecule has 1 amide bonds. The predicted molar refractivity (Wildman–Crippen MR) is 72.2 cm³/mol. The van der Waals surface area contributed by atoms with Gasteiger partial charge in [0.25, 0.3) is 5.91 Å². The Morgan fingerprint density at radius 3 is 2.35 bits per heavy atom. The molecule has 0 radical (unpaired) electrons. The van der Waals surface area contributed by atoms with Gasteiger partial charge >= 0.3 is 5.97 Å². The number of nitrogens with zero attached hydrogens (tertiary/aromatic N) is 1. The first-order valence-corrected chi connectivity index (χ1v) is 7.82. The molecule has 2 heterocycles. The second kappa shape index (κ2) is 5.72. The first-order chi connectivity index (χ1) is 9.65. The van der Waals surface area contributed by atoms with Crippen LogP contribution in [0.4, 0.5) is 0 Å². The van der Waals surface area contributed by atoms with Crippen molar-refractivity contribution in [3.05, 3.63) is 0 Å². The fourth-order valence-electron chi connectivity index (χ4n) is 4.01. The number of hydrogen-bond donors (Lipinski definition) is 1. The number of ether oxygens (including phenoxy) is 1. The molecule has 0 spiro atoms. The van der Waals surface area contributed by atoms with Crippen LogP contribution in [0.25, 0.3) is 0 Å². The number of hydrogen-bond acceptors (Lipinski definition) is 3. The van der Waals surface area contributed by atoms with Crippen molar-refractivity contribution in [2.45, 2.75) is 57.2 Å². The van der Waals surface area contributed by atoms with Gasteiger partial charge in [0.05, 0.1) is 0 Å². The predicted octanol–water partition coefficient (Wildman–Crippen LogP) is 1.66. The molecule has 1 N–H and O–H groups in total. The summed E-state index contributed by atoms with van der Waals surface area (Å²) in [6.07, 6.45) is 5.93. The third-order valence-electron chi connectivity index (χ3n) is 5.17. The number of carbonyl (C=O) groups is 2. The maximum absolute atomic E-state index is 12.5. The molecule has 1 aliphatic carbocycles. The molecule has 5 nitrogen and oxygen atoms in total. The van der Waals surface area contributed by atoms with Gasteiger partial charge in [-0.05, 0) is 37.5 Å². The van der Waals surface area contributed by atoms with Crippen LogP contribution in [0.5, 0.6) is 0 Å². The van der Waals surface area contributed by atoms with Gasteiger partial charge in [0.1, 0.15) is 6.10 Å². The van der Waals surface area contributed by atoms with E-state index in [9.17, 15) is 9.59 Å². The standard InChI is InChI=1S/C15H23NO4/c17-14(12-5-6-13(20-12)15(18)19)16-8-7-10-3-1-2-4-11(10)9-16/h10-13H,1-9H2,(H,18,19). The zero-order valence-electron chi connectivity index (χ0n) is 11.8. The van der Waals surface area contributed by atoms with Crippen LogP contribution in [-0.4, -0.2) is 47.2 Å². The zero-order valence-corrected chi connectivity index (χ0v) is 11.8. The minimum atomic E-state index is -0.953. The van der Waals surface area contributed by atoms with Gasteiger partial charge in [-0.2, -0.15) is 0 Å². The van der Waals surface area contributed by atoms with Crippen LogP contribution in [0.1, 0.15) is 44.9 Å². The summed E-state index contributed by atoms with van der Waals surface area (Å²) in [5.74, 6) is 0.506. The molecule has 4 unspecified atom stereocenters. The van der Waals surface area contributed by atoms with Crippen LogP contribution in [0.15, 0.2) is 0 Å². The highest BCUT2D eigenvalue weighted by atomic mass is 16.5. The fourth-order valence-corrected chi connectivity index (χ4v) is 4.01. The lowest BCUT2D eigenvalue weighted by atomic mass is 9.75. The Labute approximate surface area is 119 Å². The highest BCUT2D eigenvalue weighted by Gasteiger charge is 2.39. The average molecular weight is 281 g/mol. The number of fused-ring (bicyclic) bond motifs is 1. The molecule has 2 aliphatic heterocycles. The third kappa shape index (κ3) is 2.68. The molecule has 20 heavy (non-hydrogen) atoms. The number of piperidine rings is 1. The summed E-state index contributed by atoms with van der Waals surface area (Å²) in [5, 5.41) is 8.93. The van der Waals surface area contributed by atoms with Crippen molar-refractivity contribution >= 4 is 11.9 Å². The van der Waals surface area contributed by atoms with E-state index in [-0.39, 0.29) is 5.91 Å². The molecule has 5 heteroatoms. The summed E-state index contributed by atoms with van der Waals surface area (Å²) in [5.41, 5.74) is 0. The molecular weight excluding hydrogens is 258 g/mol. The van der Waals surface area contributed by atoms with Crippen molar-refractivity contribution in [2.75, 3.05) is 13.1 Å². The molecule has 0 bridgehead atoms. The van der Waals surface area contributed by atoms with Crippen molar-refractivity contribution in [1.29, 1.82) is 0 Å². The lowest BCUT2D eigenvalue weighted by molar-refractivity contribution is -0.156. The maximum atomic E-state index is 12.5. The van der Waals surface area contributed by atoms with Crippen LogP contribution in [0.2, 0.25) is 0 Å². The Kier molecular flexibility index (Phi) is 3.96. The van der Waals surface area contributed by atoms with Crippen molar-refractivity contribution in [3.63, 3.8) is 0 Å². The molecule has 3 aliphatic rings. The highest BCUT2D eigenvalue weighted by molar-refractivity contribution is 5.82. The number of amides is 1. The van der Waals surface area contributed by atoms with Gasteiger partial charge in [-0.15, -0.1) is 0 Å². The average Bonchev–Trinajstić information content (AvgIpc) is 2.96. The van der Waals surface area contributed by atoms with Gasteiger partial charge in [0.15, 0.2) is 6.10 Å². The minimum absolute atomic E-state index is 0.0118. The summed E-state index contributed by atoms with van der Waals surface area (Å²) in [7, 11) is 0. The van der Waals surface area contributed by atoms with Gasteiger partial charge in [-0.3, -0.25) is 4.79 Å². The lowest BCUT2D eigenvalue weighted by Gasteiger charge is -2.41. The fraction of sp³-hybridized carbons (Fsp3) is 0.867. The van der Waals surface area contributed by atoms with Gasteiger partial charge in [0, 0.05) is 13.1 Å². The van der Waals surface area contributed by atoms with E-state index < -0.39 is 18.2 Å². The van der Waals surface area contributed by atoms with Crippen LogP contribution in [0.3, 0.4) is 0 Å². The summed E-state index contributed by atoms with van der Waals surface area (Å²) in [6.45, 7) is 1.67. The summed E-state index contributed by atoms with van der Waals surface area (Å²) in [6, 6.07) is 0. The van der Waals surface area contributed by atoms with Crippen LogP contribution < -0.4 is 0 Å².